The molecule has 0 radical (unpaired) electrons. The molecule has 0 unspecified atom stereocenters. The number of para-hydroxylation sites is 1. The number of amides is 3. The number of benzene rings is 3. The number of ether oxygens (including phenoxy) is 2. The lowest BCUT2D eigenvalue weighted by Crippen LogP contribution is -2.36. The lowest BCUT2D eigenvalue weighted by molar-refractivity contribution is -0.119. The number of esters is 1. The van der Waals surface area contributed by atoms with E-state index in [0.29, 0.717) is 24.6 Å². The van der Waals surface area contributed by atoms with Crippen LogP contribution < -0.4 is 15.1 Å². The summed E-state index contributed by atoms with van der Waals surface area (Å²) in [7, 11) is 0. The number of nitrogens with zero attached hydrogens (tertiary/aromatic N) is 2. The minimum Gasteiger partial charge on any atom is -0.452 e. The molecule has 0 spiro atoms. The Balaban J connectivity index is 1.20. The van der Waals surface area contributed by atoms with E-state index in [2.05, 4.69) is 10.2 Å². The van der Waals surface area contributed by atoms with Gasteiger partial charge in [0.1, 0.15) is 0 Å². The van der Waals surface area contributed by atoms with Crippen LogP contribution in [0.2, 0.25) is 0 Å². The van der Waals surface area contributed by atoms with E-state index < -0.39 is 30.3 Å². The predicted molar refractivity (Wildman–Crippen MR) is 137 cm³/mol. The summed E-state index contributed by atoms with van der Waals surface area (Å²) in [6, 6.07) is 18.6. The zero-order valence-corrected chi connectivity index (χ0v) is 20.2. The van der Waals surface area contributed by atoms with Crippen molar-refractivity contribution in [3.05, 3.63) is 89.0 Å². The number of carbonyl (C=O) groups is 4. The predicted octanol–water partition coefficient (Wildman–Crippen LogP) is 3.43. The van der Waals surface area contributed by atoms with Crippen molar-refractivity contribution in [2.75, 3.05) is 48.0 Å². The molecule has 9 heteroatoms. The summed E-state index contributed by atoms with van der Waals surface area (Å²) in [5, 5.41) is 2.70. The van der Waals surface area contributed by atoms with Crippen molar-refractivity contribution in [3.8, 4) is 0 Å². The molecule has 5 rings (SSSR count). The maximum atomic E-state index is 13.0. The van der Waals surface area contributed by atoms with E-state index in [1.54, 1.807) is 24.3 Å². The topological polar surface area (TPSA) is 105 Å². The smallest absolute Gasteiger partial charge is 0.338 e. The summed E-state index contributed by atoms with van der Waals surface area (Å²) in [6.45, 7) is 4.31. The molecule has 1 N–H and O–H groups in total. The van der Waals surface area contributed by atoms with Gasteiger partial charge in [0, 0.05) is 24.5 Å². The number of fused-ring (bicyclic) bond motifs is 1. The van der Waals surface area contributed by atoms with E-state index in [0.717, 1.165) is 29.2 Å². The molecule has 2 aliphatic heterocycles. The summed E-state index contributed by atoms with van der Waals surface area (Å²) in [6.07, 6.45) is 0. The average molecular weight is 500 g/mol. The van der Waals surface area contributed by atoms with Crippen molar-refractivity contribution in [1.82, 2.24) is 0 Å². The van der Waals surface area contributed by atoms with Crippen molar-refractivity contribution in [3.63, 3.8) is 0 Å². The van der Waals surface area contributed by atoms with Gasteiger partial charge >= 0.3 is 5.97 Å². The standard InChI is InChI=1S/C28H25N3O6/c1-18-4-2-3-5-24(18)31-26(33)22-11-6-19(16-23(22)27(31)34)28(35)37-17-25(32)29-20-7-9-21(10-8-20)30-12-14-36-15-13-30/h2-11,16H,12-15,17H2,1H3,(H,29,32). The SMILES string of the molecule is Cc1ccccc1N1C(=O)c2ccc(C(=O)OCC(=O)Nc3ccc(N4CCOCC4)cc3)cc2C1=O. The number of hydrogen-bond donors (Lipinski definition) is 1. The number of aryl methyl sites for hydroxylation is 1. The van der Waals surface area contributed by atoms with Crippen molar-refractivity contribution in [2.45, 2.75) is 6.92 Å². The van der Waals surface area contributed by atoms with Crippen molar-refractivity contribution >= 4 is 40.8 Å². The molecule has 0 saturated carbocycles. The fraction of sp³-hybridized carbons (Fsp3) is 0.214. The highest BCUT2D eigenvalue weighted by Crippen LogP contribution is 2.31. The van der Waals surface area contributed by atoms with Crippen LogP contribution >= 0.6 is 0 Å². The molecule has 3 aromatic rings. The van der Waals surface area contributed by atoms with Gasteiger partial charge in [-0.05, 0) is 61.0 Å². The molecule has 2 aliphatic rings. The van der Waals surface area contributed by atoms with Crippen LogP contribution in [0.15, 0.2) is 66.7 Å². The number of hydrogen-bond acceptors (Lipinski definition) is 7. The fourth-order valence-corrected chi connectivity index (χ4v) is 4.39. The van der Waals surface area contributed by atoms with Crippen LogP contribution in [0.25, 0.3) is 0 Å². The molecule has 1 saturated heterocycles. The summed E-state index contributed by atoms with van der Waals surface area (Å²) in [5.74, 6) is -2.23. The molecule has 37 heavy (non-hydrogen) atoms. The third kappa shape index (κ3) is 4.94. The number of rotatable bonds is 6. The lowest BCUT2D eigenvalue weighted by atomic mass is 10.1. The molecule has 9 nitrogen and oxygen atoms in total. The normalized spacial score (nSPS) is 14.9. The minimum atomic E-state index is -0.768. The third-order valence-corrected chi connectivity index (χ3v) is 6.34. The number of carbonyl (C=O) groups excluding carboxylic acids is 4. The Morgan fingerprint density at radius 1 is 0.919 bits per heavy atom. The zero-order chi connectivity index (χ0) is 25.9. The minimum absolute atomic E-state index is 0.0780. The number of anilines is 3. The molecule has 2 heterocycles. The van der Waals surface area contributed by atoms with Gasteiger partial charge in [-0.3, -0.25) is 14.4 Å². The molecule has 0 bridgehead atoms. The molecular weight excluding hydrogens is 474 g/mol. The Bertz CT molecular complexity index is 1380. The van der Waals surface area contributed by atoms with E-state index in [1.807, 2.05) is 31.2 Å². The fourth-order valence-electron chi connectivity index (χ4n) is 4.39. The summed E-state index contributed by atoms with van der Waals surface area (Å²) >= 11 is 0. The Hall–Kier alpha value is -4.50. The molecule has 0 aliphatic carbocycles. The van der Waals surface area contributed by atoms with Gasteiger partial charge in [0.15, 0.2) is 6.61 Å². The maximum Gasteiger partial charge on any atom is 0.338 e. The van der Waals surface area contributed by atoms with Gasteiger partial charge in [0.05, 0.1) is 35.6 Å². The molecule has 3 amide bonds. The second kappa shape index (κ2) is 10.2. The molecule has 0 aromatic heterocycles. The molecular formula is C28H25N3O6. The average Bonchev–Trinajstić information content (AvgIpc) is 3.17. The van der Waals surface area contributed by atoms with E-state index >= 15 is 0 Å². The van der Waals surface area contributed by atoms with E-state index in [-0.39, 0.29) is 16.7 Å². The lowest BCUT2D eigenvalue weighted by Gasteiger charge is -2.28. The van der Waals surface area contributed by atoms with Crippen molar-refractivity contribution in [2.24, 2.45) is 0 Å². The summed E-state index contributed by atoms with van der Waals surface area (Å²) in [5.41, 5.74) is 3.30. The Kier molecular flexibility index (Phi) is 6.70. The van der Waals surface area contributed by atoms with Crippen LogP contribution in [-0.2, 0) is 14.3 Å². The van der Waals surface area contributed by atoms with Gasteiger partial charge in [-0.15, -0.1) is 0 Å². The molecule has 3 aromatic carbocycles. The van der Waals surface area contributed by atoms with Gasteiger partial charge in [0.25, 0.3) is 17.7 Å². The van der Waals surface area contributed by atoms with Crippen LogP contribution in [0, 0.1) is 6.92 Å². The Morgan fingerprint density at radius 3 is 2.35 bits per heavy atom. The van der Waals surface area contributed by atoms with Crippen LogP contribution in [0.4, 0.5) is 17.1 Å². The zero-order valence-electron chi connectivity index (χ0n) is 20.2. The Labute approximate surface area is 213 Å². The van der Waals surface area contributed by atoms with Crippen molar-refractivity contribution in [1.29, 1.82) is 0 Å². The van der Waals surface area contributed by atoms with Gasteiger partial charge in [-0.2, -0.15) is 0 Å². The van der Waals surface area contributed by atoms with Crippen LogP contribution in [0.3, 0.4) is 0 Å². The van der Waals surface area contributed by atoms with Crippen molar-refractivity contribution < 1.29 is 28.7 Å². The monoisotopic (exact) mass is 499 g/mol. The van der Waals surface area contributed by atoms with Gasteiger partial charge in [-0.1, -0.05) is 18.2 Å². The highest BCUT2D eigenvalue weighted by molar-refractivity contribution is 6.35. The largest absolute Gasteiger partial charge is 0.452 e. The Morgan fingerprint density at radius 2 is 1.62 bits per heavy atom. The first-order valence-electron chi connectivity index (χ1n) is 11.9. The number of nitrogens with one attached hydrogen (secondary N) is 1. The second-order valence-corrected chi connectivity index (χ2v) is 8.76. The summed E-state index contributed by atoms with van der Waals surface area (Å²) < 4.78 is 10.5. The quantitative estimate of drug-likeness (QED) is 0.409. The first kappa shape index (κ1) is 24.2. The van der Waals surface area contributed by atoms with Crippen LogP contribution in [0.5, 0.6) is 0 Å². The number of imide groups is 1. The van der Waals surface area contributed by atoms with E-state index in [1.165, 1.54) is 18.2 Å². The van der Waals surface area contributed by atoms with Gasteiger partial charge in [-0.25, -0.2) is 9.69 Å². The van der Waals surface area contributed by atoms with E-state index in [4.69, 9.17) is 9.47 Å². The van der Waals surface area contributed by atoms with E-state index in [9.17, 15) is 19.2 Å². The third-order valence-electron chi connectivity index (χ3n) is 6.34. The molecule has 188 valence electrons. The maximum absolute atomic E-state index is 13.0. The van der Waals surface area contributed by atoms with Crippen LogP contribution in [0.1, 0.15) is 36.6 Å². The molecule has 1 fully saturated rings. The van der Waals surface area contributed by atoms with Gasteiger partial charge < -0.3 is 19.7 Å². The van der Waals surface area contributed by atoms with Crippen LogP contribution in [-0.4, -0.2) is 56.6 Å². The highest BCUT2D eigenvalue weighted by Gasteiger charge is 2.37. The second-order valence-electron chi connectivity index (χ2n) is 8.76. The van der Waals surface area contributed by atoms with Gasteiger partial charge in [0.2, 0.25) is 0 Å². The highest BCUT2D eigenvalue weighted by atomic mass is 16.5. The summed E-state index contributed by atoms with van der Waals surface area (Å²) in [4.78, 5) is 54.1. The first-order valence-corrected chi connectivity index (χ1v) is 11.9. The number of morpholine rings is 1. The molecule has 0 atom stereocenters. The first-order chi connectivity index (χ1) is 17.9.